The summed E-state index contributed by atoms with van der Waals surface area (Å²) in [4.78, 5) is 14.4. The van der Waals surface area contributed by atoms with Crippen molar-refractivity contribution in [2.75, 3.05) is 13.1 Å². The molecular formula is C13H25ClN2O2. The lowest BCUT2D eigenvalue weighted by atomic mass is 9.95. The van der Waals surface area contributed by atoms with E-state index in [0.29, 0.717) is 13.1 Å². The molecule has 4 nitrogen and oxygen atoms in total. The zero-order valence-corrected chi connectivity index (χ0v) is 12.4. The quantitative estimate of drug-likeness (QED) is 0.793. The zero-order chi connectivity index (χ0) is 12.7. The minimum Gasteiger partial charge on any atom is -0.369 e. The van der Waals surface area contributed by atoms with Crippen LogP contribution in [0.5, 0.6) is 0 Å². The maximum Gasteiger partial charge on any atom is 0.242 e. The van der Waals surface area contributed by atoms with Gasteiger partial charge in [0.2, 0.25) is 5.91 Å². The van der Waals surface area contributed by atoms with Crippen LogP contribution in [0, 0.1) is 0 Å². The second-order valence-electron chi connectivity index (χ2n) is 6.24. The number of nitrogens with zero attached hydrogens (tertiary/aromatic N) is 1. The number of hydrogen-bond donors (Lipinski definition) is 1. The molecule has 18 heavy (non-hydrogen) atoms. The first kappa shape index (κ1) is 15.7. The van der Waals surface area contributed by atoms with E-state index in [2.05, 4.69) is 0 Å². The van der Waals surface area contributed by atoms with Gasteiger partial charge in [-0.05, 0) is 33.6 Å². The summed E-state index contributed by atoms with van der Waals surface area (Å²) in [7, 11) is 0. The van der Waals surface area contributed by atoms with Crippen LogP contribution in [0.15, 0.2) is 0 Å². The largest absolute Gasteiger partial charge is 0.369 e. The van der Waals surface area contributed by atoms with Gasteiger partial charge in [-0.3, -0.25) is 4.79 Å². The van der Waals surface area contributed by atoms with Crippen LogP contribution in [-0.4, -0.2) is 41.1 Å². The molecule has 0 bridgehead atoms. The molecule has 2 rings (SSSR count). The van der Waals surface area contributed by atoms with Gasteiger partial charge >= 0.3 is 0 Å². The molecule has 1 heterocycles. The average molecular weight is 277 g/mol. The molecule has 5 heteroatoms. The Kier molecular flexibility index (Phi) is 4.68. The van der Waals surface area contributed by atoms with E-state index in [4.69, 9.17) is 10.5 Å². The number of nitrogens with two attached hydrogens (primary N) is 1. The van der Waals surface area contributed by atoms with Crippen molar-refractivity contribution in [3.05, 3.63) is 0 Å². The van der Waals surface area contributed by atoms with Crippen LogP contribution in [0.1, 0.15) is 46.5 Å². The van der Waals surface area contributed by atoms with Crippen LogP contribution in [0.25, 0.3) is 0 Å². The predicted octanol–water partition coefficient (Wildman–Crippen LogP) is 1.71. The molecule has 1 unspecified atom stereocenters. The number of hydrogen-bond acceptors (Lipinski definition) is 3. The lowest BCUT2D eigenvalue weighted by Crippen LogP contribution is -2.61. The Hall–Kier alpha value is -0.320. The number of morpholine rings is 1. The number of ether oxygens (including phenoxy) is 1. The zero-order valence-electron chi connectivity index (χ0n) is 11.6. The van der Waals surface area contributed by atoms with Crippen molar-refractivity contribution >= 4 is 18.3 Å². The molecule has 1 aliphatic heterocycles. The van der Waals surface area contributed by atoms with Crippen LogP contribution in [0.3, 0.4) is 0 Å². The van der Waals surface area contributed by atoms with Gasteiger partial charge in [0.25, 0.3) is 0 Å². The van der Waals surface area contributed by atoms with Crippen molar-refractivity contribution in [1.82, 2.24) is 4.90 Å². The van der Waals surface area contributed by atoms with Crippen molar-refractivity contribution in [3.8, 4) is 0 Å². The molecule has 1 amide bonds. The van der Waals surface area contributed by atoms with E-state index >= 15 is 0 Å². The van der Waals surface area contributed by atoms with Gasteiger partial charge in [-0.2, -0.15) is 0 Å². The summed E-state index contributed by atoms with van der Waals surface area (Å²) in [6, 6.07) is 0. The fourth-order valence-corrected chi connectivity index (χ4v) is 3.14. The summed E-state index contributed by atoms with van der Waals surface area (Å²) in [6.07, 6.45) is 3.90. The number of carbonyl (C=O) groups excluding carboxylic acids is 1. The molecule has 1 saturated carbocycles. The number of amides is 1. The van der Waals surface area contributed by atoms with Gasteiger partial charge in [-0.25, -0.2) is 0 Å². The Labute approximate surface area is 116 Å². The average Bonchev–Trinajstić information content (AvgIpc) is 2.62. The van der Waals surface area contributed by atoms with E-state index in [1.54, 1.807) is 0 Å². The van der Waals surface area contributed by atoms with Crippen molar-refractivity contribution in [2.45, 2.75) is 63.7 Å². The van der Waals surface area contributed by atoms with Gasteiger partial charge in [0.05, 0.1) is 17.2 Å². The standard InChI is InChI=1S/C13H24N2O2.ClH/c1-10-8-15(9-12(2,3)17-10)11(16)13(14)6-4-5-7-13;/h10H,4-9,14H2,1-3H3;1H. The molecule has 106 valence electrons. The third kappa shape index (κ3) is 3.16. The van der Waals surface area contributed by atoms with Crippen molar-refractivity contribution in [3.63, 3.8) is 0 Å². The molecule has 1 saturated heterocycles. The van der Waals surface area contributed by atoms with E-state index in [1.165, 1.54) is 0 Å². The smallest absolute Gasteiger partial charge is 0.242 e. The SMILES string of the molecule is CC1CN(C(=O)C2(N)CCCC2)CC(C)(C)O1.Cl. The van der Waals surface area contributed by atoms with Crippen molar-refractivity contribution in [2.24, 2.45) is 5.73 Å². The first-order valence-corrected chi connectivity index (χ1v) is 6.58. The summed E-state index contributed by atoms with van der Waals surface area (Å²) in [6.45, 7) is 7.39. The molecule has 0 spiro atoms. The number of halogens is 1. The van der Waals surface area contributed by atoms with Gasteiger partial charge in [-0.15, -0.1) is 12.4 Å². The van der Waals surface area contributed by atoms with Crippen LogP contribution < -0.4 is 5.73 Å². The Balaban J connectivity index is 0.00000162. The van der Waals surface area contributed by atoms with Gasteiger partial charge in [-0.1, -0.05) is 12.8 Å². The normalized spacial score (nSPS) is 29.8. The Bertz CT molecular complexity index is 314. The fourth-order valence-electron chi connectivity index (χ4n) is 3.14. The first-order valence-electron chi connectivity index (χ1n) is 6.58. The predicted molar refractivity (Wildman–Crippen MR) is 73.8 cm³/mol. The first-order chi connectivity index (χ1) is 7.82. The summed E-state index contributed by atoms with van der Waals surface area (Å²) in [5, 5.41) is 0. The fraction of sp³-hybridized carbons (Fsp3) is 0.923. The molecular weight excluding hydrogens is 252 g/mol. The molecule has 1 atom stereocenters. The molecule has 1 aliphatic carbocycles. The molecule has 0 aromatic heterocycles. The molecule has 2 N–H and O–H groups in total. The summed E-state index contributed by atoms with van der Waals surface area (Å²) >= 11 is 0. The maximum absolute atomic E-state index is 12.5. The minimum absolute atomic E-state index is 0. The molecule has 0 aromatic rings. The van der Waals surface area contributed by atoms with Crippen LogP contribution in [0.4, 0.5) is 0 Å². The van der Waals surface area contributed by atoms with Gasteiger partial charge in [0.15, 0.2) is 0 Å². The molecule has 0 radical (unpaired) electrons. The van der Waals surface area contributed by atoms with E-state index in [1.807, 2.05) is 25.7 Å². The van der Waals surface area contributed by atoms with Crippen LogP contribution in [-0.2, 0) is 9.53 Å². The summed E-state index contributed by atoms with van der Waals surface area (Å²) in [5.41, 5.74) is 5.37. The summed E-state index contributed by atoms with van der Waals surface area (Å²) in [5.74, 6) is 0.123. The van der Waals surface area contributed by atoms with Crippen molar-refractivity contribution in [1.29, 1.82) is 0 Å². The third-order valence-electron chi connectivity index (χ3n) is 3.78. The van der Waals surface area contributed by atoms with E-state index in [-0.39, 0.29) is 30.0 Å². The lowest BCUT2D eigenvalue weighted by molar-refractivity contribution is -0.162. The van der Waals surface area contributed by atoms with E-state index in [0.717, 1.165) is 25.7 Å². The molecule has 0 aromatic carbocycles. The second kappa shape index (κ2) is 5.35. The Morgan fingerprint density at radius 2 is 1.89 bits per heavy atom. The summed E-state index contributed by atoms with van der Waals surface area (Å²) < 4.78 is 5.81. The van der Waals surface area contributed by atoms with Crippen LogP contribution in [0.2, 0.25) is 0 Å². The van der Waals surface area contributed by atoms with Crippen molar-refractivity contribution < 1.29 is 9.53 Å². The highest BCUT2D eigenvalue weighted by Crippen LogP contribution is 2.31. The van der Waals surface area contributed by atoms with Gasteiger partial charge in [0, 0.05) is 13.1 Å². The Morgan fingerprint density at radius 1 is 1.33 bits per heavy atom. The number of rotatable bonds is 1. The lowest BCUT2D eigenvalue weighted by Gasteiger charge is -2.44. The highest BCUT2D eigenvalue weighted by atomic mass is 35.5. The highest BCUT2D eigenvalue weighted by Gasteiger charge is 2.43. The highest BCUT2D eigenvalue weighted by molar-refractivity contribution is 5.86. The molecule has 2 fully saturated rings. The van der Waals surface area contributed by atoms with Gasteiger partial charge in [0.1, 0.15) is 0 Å². The number of carbonyl (C=O) groups is 1. The maximum atomic E-state index is 12.5. The van der Waals surface area contributed by atoms with E-state index in [9.17, 15) is 4.79 Å². The topological polar surface area (TPSA) is 55.6 Å². The minimum atomic E-state index is -0.604. The van der Waals surface area contributed by atoms with Gasteiger partial charge < -0.3 is 15.4 Å². The van der Waals surface area contributed by atoms with Crippen LogP contribution >= 0.6 is 12.4 Å². The van der Waals surface area contributed by atoms with E-state index < -0.39 is 5.54 Å². The second-order valence-corrected chi connectivity index (χ2v) is 6.24. The monoisotopic (exact) mass is 276 g/mol. The third-order valence-corrected chi connectivity index (χ3v) is 3.78. The Morgan fingerprint density at radius 3 is 2.39 bits per heavy atom. The molecule has 2 aliphatic rings.